The van der Waals surface area contributed by atoms with E-state index >= 15 is 0 Å². The van der Waals surface area contributed by atoms with Crippen LogP contribution in [-0.4, -0.2) is 17.3 Å². The summed E-state index contributed by atoms with van der Waals surface area (Å²) >= 11 is 0. The minimum atomic E-state index is -3.52. The van der Waals surface area contributed by atoms with Crippen molar-refractivity contribution in [3.8, 4) is 5.75 Å². The van der Waals surface area contributed by atoms with Crippen molar-refractivity contribution < 1.29 is 14.2 Å². The Kier molecular flexibility index (Phi) is 5.18. The van der Waals surface area contributed by atoms with Crippen LogP contribution < -0.4 is 15.8 Å². The van der Waals surface area contributed by atoms with Gasteiger partial charge in [0.05, 0.1) is 0 Å². The lowest BCUT2D eigenvalue weighted by molar-refractivity contribution is 0.355. The Morgan fingerprint density at radius 2 is 1.76 bits per heavy atom. The molecule has 4 nitrogen and oxygen atoms in total. The molecule has 0 saturated carbocycles. The molecule has 0 fully saturated rings. The third-order valence-corrected chi connectivity index (χ3v) is 4.63. The third-order valence-electron chi connectivity index (χ3n) is 3.05. The molecule has 2 atom stereocenters. The van der Waals surface area contributed by atoms with E-state index in [-0.39, 0.29) is 12.4 Å². The van der Waals surface area contributed by atoms with E-state index < -0.39 is 7.37 Å². The van der Waals surface area contributed by atoms with Crippen LogP contribution in [0.5, 0.6) is 5.75 Å². The molecule has 2 aromatic carbocycles. The van der Waals surface area contributed by atoms with Gasteiger partial charge in [-0.1, -0.05) is 30.3 Å². The van der Waals surface area contributed by atoms with Crippen molar-refractivity contribution in [3.05, 3.63) is 60.2 Å². The fourth-order valence-corrected chi connectivity index (χ4v) is 3.08. The van der Waals surface area contributed by atoms with Gasteiger partial charge in [-0.05, 0) is 43.2 Å². The molecule has 0 amide bonds. The van der Waals surface area contributed by atoms with E-state index in [0.717, 1.165) is 12.0 Å². The molecule has 5 heteroatoms. The highest BCUT2D eigenvalue weighted by atomic mass is 31.2. The molecule has 2 aromatic rings. The first-order valence-electron chi connectivity index (χ1n) is 6.82. The van der Waals surface area contributed by atoms with Crippen molar-refractivity contribution >= 4 is 12.7 Å². The number of rotatable bonds is 6. The predicted octanol–water partition coefficient (Wildman–Crippen LogP) is 2.51. The lowest BCUT2D eigenvalue weighted by Gasteiger charge is -2.14. The first-order chi connectivity index (χ1) is 9.97. The number of hydrogen-bond acceptors (Lipinski definition) is 3. The zero-order valence-electron chi connectivity index (χ0n) is 12.0. The van der Waals surface area contributed by atoms with Gasteiger partial charge in [0.1, 0.15) is 5.75 Å². The number of para-hydroxylation sites is 1. The summed E-state index contributed by atoms with van der Waals surface area (Å²) in [5.74, 6) is 0.584. The van der Waals surface area contributed by atoms with Crippen molar-refractivity contribution in [2.75, 3.05) is 6.35 Å². The molecule has 0 radical (unpaired) electrons. The van der Waals surface area contributed by atoms with Gasteiger partial charge in [-0.25, -0.2) is 0 Å². The van der Waals surface area contributed by atoms with Crippen molar-refractivity contribution in [3.63, 3.8) is 0 Å². The minimum Gasteiger partial charge on any atom is -0.483 e. The summed E-state index contributed by atoms with van der Waals surface area (Å²) in [6.45, 7) is 1.93. The molecule has 2 rings (SSSR count). The van der Waals surface area contributed by atoms with Gasteiger partial charge in [-0.2, -0.15) is 0 Å². The quantitative estimate of drug-likeness (QED) is 0.804. The van der Waals surface area contributed by atoms with Crippen molar-refractivity contribution in [1.29, 1.82) is 0 Å². The maximum Gasteiger partial charge on any atom is 0.265 e. The van der Waals surface area contributed by atoms with Crippen LogP contribution in [0.1, 0.15) is 12.5 Å². The summed E-state index contributed by atoms with van der Waals surface area (Å²) < 4.78 is 17.7. The van der Waals surface area contributed by atoms with E-state index in [1.165, 1.54) is 0 Å². The first-order valence-corrected chi connectivity index (χ1v) is 8.66. The van der Waals surface area contributed by atoms with Gasteiger partial charge in [0.2, 0.25) is 0 Å². The van der Waals surface area contributed by atoms with E-state index in [9.17, 15) is 9.46 Å². The van der Waals surface area contributed by atoms with E-state index in [0.29, 0.717) is 11.1 Å². The van der Waals surface area contributed by atoms with Crippen LogP contribution in [0.3, 0.4) is 0 Å². The second-order valence-electron chi connectivity index (χ2n) is 5.14. The van der Waals surface area contributed by atoms with Crippen LogP contribution >= 0.6 is 7.37 Å². The fraction of sp³-hybridized carbons (Fsp3) is 0.250. The monoisotopic (exact) mass is 305 g/mol. The van der Waals surface area contributed by atoms with Crippen LogP contribution in [0.15, 0.2) is 54.6 Å². The van der Waals surface area contributed by atoms with Crippen molar-refractivity contribution in [2.24, 2.45) is 5.73 Å². The molecule has 0 bridgehead atoms. The normalized spacial score (nSPS) is 15.2. The molecule has 3 N–H and O–H groups in total. The van der Waals surface area contributed by atoms with E-state index in [1.807, 2.05) is 37.3 Å². The molecule has 0 saturated heterocycles. The second-order valence-corrected chi connectivity index (χ2v) is 7.31. The summed E-state index contributed by atoms with van der Waals surface area (Å²) in [7, 11) is -3.52. The smallest absolute Gasteiger partial charge is 0.265 e. The number of benzene rings is 2. The highest BCUT2D eigenvalue weighted by molar-refractivity contribution is 7.65. The molecular weight excluding hydrogens is 285 g/mol. The van der Waals surface area contributed by atoms with Crippen LogP contribution in [0, 0.1) is 0 Å². The Labute approximate surface area is 125 Å². The Bertz CT molecular complexity index is 611. The molecule has 112 valence electrons. The summed E-state index contributed by atoms with van der Waals surface area (Å²) in [6.07, 6.45) is 0.514. The van der Waals surface area contributed by atoms with Gasteiger partial charge in [-0.3, -0.25) is 4.57 Å². The molecule has 0 aliphatic heterocycles. The Morgan fingerprint density at radius 3 is 2.33 bits per heavy atom. The molecule has 0 aliphatic carbocycles. The zero-order chi connectivity index (χ0) is 15.3. The predicted molar refractivity (Wildman–Crippen MR) is 85.2 cm³/mol. The number of hydrogen-bond donors (Lipinski definition) is 2. The summed E-state index contributed by atoms with van der Waals surface area (Å²) in [5.41, 5.74) is 6.79. The van der Waals surface area contributed by atoms with Gasteiger partial charge < -0.3 is 15.4 Å². The van der Waals surface area contributed by atoms with Gasteiger partial charge in [0, 0.05) is 11.3 Å². The summed E-state index contributed by atoms with van der Waals surface area (Å²) in [4.78, 5) is 10.1. The molecule has 21 heavy (non-hydrogen) atoms. The molecular formula is C16H20NO3P. The number of ether oxygens (including phenoxy) is 1. The molecule has 1 unspecified atom stereocenters. The maximum atomic E-state index is 12.3. The van der Waals surface area contributed by atoms with Crippen LogP contribution in [-0.2, 0) is 11.0 Å². The van der Waals surface area contributed by atoms with Gasteiger partial charge in [0.15, 0.2) is 6.35 Å². The SMILES string of the molecule is C[C@@H](N)Cc1ccc(P(=O)(O)COc2ccccc2)cc1. The van der Waals surface area contributed by atoms with Gasteiger partial charge >= 0.3 is 0 Å². The lowest BCUT2D eigenvalue weighted by Crippen LogP contribution is -2.18. The van der Waals surface area contributed by atoms with Crippen molar-refractivity contribution in [1.82, 2.24) is 0 Å². The van der Waals surface area contributed by atoms with E-state index in [2.05, 4.69) is 0 Å². The largest absolute Gasteiger partial charge is 0.483 e. The highest BCUT2D eigenvalue weighted by Gasteiger charge is 2.22. The summed E-state index contributed by atoms with van der Waals surface area (Å²) in [5, 5.41) is 0.395. The second kappa shape index (κ2) is 6.90. The molecule has 0 spiro atoms. The van der Waals surface area contributed by atoms with Crippen LogP contribution in [0.25, 0.3) is 0 Å². The van der Waals surface area contributed by atoms with Gasteiger partial charge in [-0.15, -0.1) is 0 Å². The van der Waals surface area contributed by atoms with E-state index in [4.69, 9.17) is 10.5 Å². The summed E-state index contributed by atoms with van der Waals surface area (Å²) in [6, 6.07) is 16.1. The maximum absolute atomic E-state index is 12.3. The molecule has 0 aromatic heterocycles. The van der Waals surface area contributed by atoms with Crippen molar-refractivity contribution in [2.45, 2.75) is 19.4 Å². The average Bonchev–Trinajstić information content (AvgIpc) is 2.46. The number of nitrogens with two attached hydrogens (primary N) is 1. The fourth-order valence-electron chi connectivity index (χ4n) is 1.99. The standard InChI is InChI=1S/C16H20NO3P/c1-13(17)11-14-7-9-16(10-8-14)21(18,19)12-20-15-5-3-2-4-6-15/h2-10,13H,11-12,17H2,1H3,(H,18,19)/t13-/m1/s1. The zero-order valence-corrected chi connectivity index (χ0v) is 12.9. The molecule has 0 aliphatic rings. The minimum absolute atomic E-state index is 0.0678. The topological polar surface area (TPSA) is 72.6 Å². The van der Waals surface area contributed by atoms with E-state index in [1.54, 1.807) is 24.3 Å². The Balaban J connectivity index is 2.03. The first kappa shape index (κ1) is 15.8. The molecule has 0 heterocycles. The van der Waals surface area contributed by atoms with Gasteiger partial charge in [0.25, 0.3) is 7.37 Å². The third kappa shape index (κ3) is 4.71. The Hall–Kier alpha value is -1.61. The van der Waals surface area contributed by atoms with Crippen LogP contribution in [0.4, 0.5) is 0 Å². The van der Waals surface area contributed by atoms with Crippen LogP contribution in [0.2, 0.25) is 0 Å². The highest BCUT2D eigenvalue weighted by Crippen LogP contribution is 2.39. The lowest BCUT2D eigenvalue weighted by atomic mass is 10.1. The average molecular weight is 305 g/mol. The Morgan fingerprint density at radius 1 is 1.14 bits per heavy atom.